The number of nitrogens with zero attached hydrogens (tertiary/aromatic N) is 1. The molecule has 0 spiro atoms. The van der Waals surface area contributed by atoms with E-state index in [1.165, 1.54) is 18.4 Å². The van der Waals surface area contributed by atoms with E-state index >= 15 is 0 Å². The highest BCUT2D eigenvalue weighted by atomic mass is 32.1. The fraction of sp³-hybridized carbons (Fsp3) is 0.636. The van der Waals surface area contributed by atoms with Crippen molar-refractivity contribution in [1.82, 2.24) is 10.3 Å². The molecule has 0 fully saturated rings. The molecule has 16 heavy (non-hydrogen) atoms. The zero-order valence-corrected chi connectivity index (χ0v) is 10.9. The van der Waals surface area contributed by atoms with Crippen molar-refractivity contribution in [3.8, 4) is 0 Å². The summed E-state index contributed by atoms with van der Waals surface area (Å²) < 4.78 is 4.77. The molecular formula is C11H18N2O2S. The molecule has 0 saturated heterocycles. The van der Waals surface area contributed by atoms with Crippen LogP contribution in [0.2, 0.25) is 0 Å². The lowest BCUT2D eigenvalue weighted by molar-refractivity contribution is -0.143. The maximum Gasteiger partial charge on any atom is 0.330 e. The molecule has 90 valence electrons. The number of methoxy groups -OCH3 is 1. The number of aromatic nitrogens is 1. The van der Waals surface area contributed by atoms with Gasteiger partial charge in [-0.15, -0.1) is 11.3 Å². The fourth-order valence-corrected chi connectivity index (χ4v) is 2.10. The van der Waals surface area contributed by atoms with Crippen LogP contribution < -0.4 is 5.32 Å². The van der Waals surface area contributed by atoms with Crippen LogP contribution in [0.4, 0.5) is 0 Å². The van der Waals surface area contributed by atoms with E-state index in [-0.39, 0.29) is 5.97 Å². The second-order valence-electron chi connectivity index (χ2n) is 4.09. The minimum atomic E-state index is -0.439. The number of nitrogens with one attached hydrogen (secondary N) is 1. The van der Waals surface area contributed by atoms with E-state index in [4.69, 9.17) is 4.74 Å². The van der Waals surface area contributed by atoms with Gasteiger partial charge in [0.05, 0.1) is 7.11 Å². The molecular weight excluding hydrogens is 224 g/mol. The maximum atomic E-state index is 11.6. The van der Waals surface area contributed by atoms with Crippen molar-refractivity contribution in [1.29, 1.82) is 0 Å². The highest BCUT2D eigenvalue weighted by Crippen LogP contribution is 2.19. The molecule has 1 aromatic heterocycles. The molecule has 1 heterocycles. The third-order valence-corrected chi connectivity index (χ3v) is 3.08. The molecule has 0 amide bonds. The summed E-state index contributed by atoms with van der Waals surface area (Å²) >= 11 is 1.48. The number of carbonyl (C=O) groups excluding carboxylic acids is 1. The Balaban J connectivity index is 2.75. The zero-order chi connectivity index (χ0) is 12.1. The molecule has 1 N–H and O–H groups in total. The predicted octanol–water partition coefficient (Wildman–Crippen LogP) is 1.91. The van der Waals surface area contributed by atoms with Gasteiger partial charge in [0, 0.05) is 11.1 Å². The largest absolute Gasteiger partial charge is 0.468 e. The molecule has 0 aromatic carbocycles. The van der Waals surface area contributed by atoms with Gasteiger partial charge in [0.15, 0.2) is 6.04 Å². The SMILES string of the molecule is COC(=O)C(NCC(C)C)c1nc(C)cs1. The smallest absolute Gasteiger partial charge is 0.330 e. The van der Waals surface area contributed by atoms with Gasteiger partial charge in [-0.3, -0.25) is 5.32 Å². The van der Waals surface area contributed by atoms with Gasteiger partial charge < -0.3 is 4.74 Å². The normalized spacial score (nSPS) is 12.8. The van der Waals surface area contributed by atoms with Gasteiger partial charge >= 0.3 is 5.97 Å². The van der Waals surface area contributed by atoms with Gasteiger partial charge in [0.2, 0.25) is 0 Å². The van der Waals surface area contributed by atoms with Gasteiger partial charge in [-0.2, -0.15) is 0 Å². The number of carbonyl (C=O) groups is 1. The molecule has 1 unspecified atom stereocenters. The maximum absolute atomic E-state index is 11.6. The number of hydrogen-bond acceptors (Lipinski definition) is 5. The van der Waals surface area contributed by atoms with Gasteiger partial charge in [-0.05, 0) is 19.4 Å². The Morgan fingerprint density at radius 3 is 2.75 bits per heavy atom. The Morgan fingerprint density at radius 2 is 2.31 bits per heavy atom. The summed E-state index contributed by atoms with van der Waals surface area (Å²) in [5, 5.41) is 5.87. The monoisotopic (exact) mass is 242 g/mol. The van der Waals surface area contributed by atoms with Crippen LogP contribution in [-0.2, 0) is 9.53 Å². The number of thiazole rings is 1. The Kier molecular flexibility index (Phi) is 4.89. The van der Waals surface area contributed by atoms with E-state index in [1.807, 2.05) is 12.3 Å². The lowest BCUT2D eigenvalue weighted by Crippen LogP contribution is -2.32. The summed E-state index contributed by atoms with van der Waals surface area (Å²) in [6, 6.07) is -0.439. The van der Waals surface area contributed by atoms with Crippen LogP contribution in [0, 0.1) is 12.8 Å². The molecule has 0 saturated carbocycles. The van der Waals surface area contributed by atoms with Crippen LogP contribution in [0.3, 0.4) is 0 Å². The van der Waals surface area contributed by atoms with Crippen molar-refractivity contribution in [2.24, 2.45) is 5.92 Å². The molecule has 1 atom stereocenters. The number of hydrogen-bond donors (Lipinski definition) is 1. The van der Waals surface area contributed by atoms with Crippen molar-refractivity contribution in [2.75, 3.05) is 13.7 Å². The Hall–Kier alpha value is -0.940. The Morgan fingerprint density at radius 1 is 1.62 bits per heavy atom. The topological polar surface area (TPSA) is 51.2 Å². The van der Waals surface area contributed by atoms with Crippen LogP contribution in [0.5, 0.6) is 0 Å². The molecule has 0 aliphatic carbocycles. The first-order valence-corrected chi connectivity index (χ1v) is 6.15. The summed E-state index contributed by atoms with van der Waals surface area (Å²) in [4.78, 5) is 15.9. The minimum absolute atomic E-state index is 0.282. The lowest BCUT2D eigenvalue weighted by atomic mass is 10.2. The zero-order valence-electron chi connectivity index (χ0n) is 10.1. The van der Waals surface area contributed by atoms with Crippen LogP contribution in [0.1, 0.15) is 30.6 Å². The van der Waals surface area contributed by atoms with Crippen molar-refractivity contribution < 1.29 is 9.53 Å². The summed E-state index contributed by atoms with van der Waals surface area (Å²) in [5.41, 5.74) is 0.931. The van der Waals surface area contributed by atoms with E-state index in [2.05, 4.69) is 24.1 Å². The van der Waals surface area contributed by atoms with Crippen LogP contribution >= 0.6 is 11.3 Å². The second-order valence-corrected chi connectivity index (χ2v) is 4.98. The first-order valence-electron chi connectivity index (χ1n) is 5.27. The van der Waals surface area contributed by atoms with Crippen LogP contribution in [-0.4, -0.2) is 24.6 Å². The third-order valence-electron chi connectivity index (χ3n) is 2.05. The molecule has 5 heteroatoms. The van der Waals surface area contributed by atoms with Crippen molar-refractivity contribution in [3.05, 3.63) is 16.1 Å². The average Bonchev–Trinajstić information content (AvgIpc) is 2.64. The molecule has 0 aliphatic heterocycles. The van der Waals surface area contributed by atoms with E-state index < -0.39 is 6.04 Å². The molecule has 0 aliphatic rings. The standard InChI is InChI=1S/C11H18N2O2S/c1-7(2)5-12-9(11(14)15-4)10-13-8(3)6-16-10/h6-7,9,12H,5H2,1-4H3. The summed E-state index contributed by atoms with van der Waals surface area (Å²) in [6.07, 6.45) is 0. The Labute approximate surface area is 100 Å². The number of rotatable bonds is 5. The number of ether oxygens (including phenoxy) is 1. The quantitative estimate of drug-likeness (QED) is 0.801. The first-order chi connectivity index (χ1) is 7.54. The highest BCUT2D eigenvalue weighted by Gasteiger charge is 2.23. The second kappa shape index (κ2) is 5.96. The summed E-state index contributed by atoms with van der Waals surface area (Å²) in [5.74, 6) is 0.197. The molecule has 1 aromatic rings. The first kappa shape index (κ1) is 13.1. The highest BCUT2D eigenvalue weighted by molar-refractivity contribution is 7.09. The fourth-order valence-electron chi connectivity index (χ4n) is 1.25. The number of esters is 1. The number of aryl methyl sites for hydroxylation is 1. The van der Waals surface area contributed by atoms with Crippen molar-refractivity contribution >= 4 is 17.3 Å². The molecule has 0 bridgehead atoms. The molecule has 0 radical (unpaired) electrons. The predicted molar refractivity (Wildman–Crippen MR) is 64.4 cm³/mol. The van der Waals surface area contributed by atoms with E-state index in [1.54, 1.807) is 0 Å². The van der Waals surface area contributed by atoms with Gasteiger partial charge in [0.1, 0.15) is 5.01 Å². The third kappa shape index (κ3) is 3.57. The lowest BCUT2D eigenvalue weighted by Gasteiger charge is -2.15. The molecule has 4 nitrogen and oxygen atoms in total. The Bertz CT molecular complexity index is 350. The summed E-state index contributed by atoms with van der Waals surface area (Å²) in [6.45, 7) is 6.86. The van der Waals surface area contributed by atoms with Gasteiger partial charge in [0.25, 0.3) is 0 Å². The van der Waals surface area contributed by atoms with Gasteiger partial charge in [-0.1, -0.05) is 13.8 Å². The van der Waals surface area contributed by atoms with Crippen molar-refractivity contribution in [3.63, 3.8) is 0 Å². The summed E-state index contributed by atoms with van der Waals surface area (Å²) in [7, 11) is 1.40. The minimum Gasteiger partial charge on any atom is -0.468 e. The average molecular weight is 242 g/mol. The van der Waals surface area contributed by atoms with Gasteiger partial charge in [-0.25, -0.2) is 9.78 Å². The van der Waals surface area contributed by atoms with Crippen LogP contribution in [0.25, 0.3) is 0 Å². The van der Waals surface area contributed by atoms with Crippen molar-refractivity contribution in [2.45, 2.75) is 26.8 Å². The van der Waals surface area contributed by atoms with E-state index in [0.29, 0.717) is 5.92 Å². The van der Waals surface area contributed by atoms with E-state index in [9.17, 15) is 4.79 Å². The molecule has 1 rings (SSSR count). The van der Waals surface area contributed by atoms with Crippen LogP contribution in [0.15, 0.2) is 5.38 Å². The van der Waals surface area contributed by atoms with E-state index in [0.717, 1.165) is 17.2 Å².